The van der Waals surface area contributed by atoms with Gasteiger partial charge in [0.25, 0.3) is 0 Å². The number of aryl methyl sites for hydroxylation is 1. The third kappa shape index (κ3) is 5.73. The summed E-state index contributed by atoms with van der Waals surface area (Å²) in [6, 6.07) is 8.49. The number of halogens is 3. The number of alkyl halides is 3. The van der Waals surface area contributed by atoms with Gasteiger partial charge >= 0.3 is 12.3 Å². The van der Waals surface area contributed by atoms with E-state index in [2.05, 4.69) is 20.0 Å². The number of hydrogen-bond acceptors (Lipinski definition) is 8. The van der Waals surface area contributed by atoms with E-state index in [1.165, 1.54) is 30.3 Å². The molecule has 5 rings (SSSR count). The number of fused-ring (bicyclic) bond motifs is 2. The van der Waals surface area contributed by atoms with Gasteiger partial charge in [-0.15, -0.1) is 13.2 Å². The second-order valence-electron chi connectivity index (χ2n) is 7.05. The minimum atomic E-state index is -4.76. The molecule has 0 aliphatic carbocycles. The third-order valence-electron chi connectivity index (χ3n) is 4.68. The zero-order chi connectivity index (χ0) is 24.3. The second kappa shape index (κ2) is 9.83. The van der Waals surface area contributed by atoms with Crippen molar-refractivity contribution in [1.29, 1.82) is 0 Å². The summed E-state index contributed by atoms with van der Waals surface area (Å²) in [6.07, 6.45) is -4.76. The van der Waals surface area contributed by atoms with Crippen molar-refractivity contribution in [1.82, 2.24) is 14.5 Å². The molecule has 0 saturated carbocycles. The molecule has 2 aromatic heterocycles. The van der Waals surface area contributed by atoms with Crippen LogP contribution in [0.15, 0.2) is 36.4 Å². The van der Waals surface area contributed by atoms with Crippen molar-refractivity contribution in [3.05, 3.63) is 42.0 Å². The Kier molecular flexibility index (Phi) is 6.86. The lowest BCUT2D eigenvalue weighted by atomic mass is 10.2. The molecular weight excluding hydrogens is 477 g/mol. The maximum absolute atomic E-state index is 12.4. The molecule has 1 saturated heterocycles. The van der Waals surface area contributed by atoms with Crippen LogP contribution in [0.3, 0.4) is 0 Å². The van der Waals surface area contributed by atoms with E-state index >= 15 is 0 Å². The molecule has 4 aromatic rings. The van der Waals surface area contributed by atoms with Crippen LogP contribution in [0, 0.1) is 0 Å². The summed E-state index contributed by atoms with van der Waals surface area (Å²) in [5.74, 6) is -0.951. The fourth-order valence-corrected chi connectivity index (χ4v) is 4.02. The standard InChI is InChI=1S/C17H11F3N4O3S.C4H8O2/c1-24-12-5-2-8(14(25)26)6-11(12)21-15(24)23-16-22-10-4-3-9(7-13(10)28-16)27-17(18,19)20;1-2-6-4-3-5-1/h2-7H,1H3,(H,25,26)(H,21,22,23);1-4H2. The van der Waals surface area contributed by atoms with Gasteiger partial charge in [-0.25, -0.2) is 14.8 Å². The number of anilines is 2. The van der Waals surface area contributed by atoms with Gasteiger partial charge in [-0.1, -0.05) is 11.3 Å². The number of hydrogen-bond donors (Lipinski definition) is 2. The number of carbonyl (C=O) groups is 1. The molecule has 0 amide bonds. The van der Waals surface area contributed by atoms with Crippen molar-refractivity contribution in [2.45, 2.75) is 6.36 Å². The summed E-state index contributed by atoms with van der Waals surface area (Å²) in [6.45, 7) is 3.11. The average Bonchev–Trinajstić information content (AvgIpc) is 3.34. The highest BCUT2D eigenvalue weighted by Crippen LogP contribution is 2.33. The third-order valence-corrected chi connectivity index (χ3v) is 5.62. The summed E-state index contributed by atoms with van der Waals surface area (Å²) in [5, 5.41) is 12.5. The Morgan fingerprint density at radius 3 is 2.41 bits per heavy atom. The molecule has 1 aliphatic heterocycles. The fourth-order valence-electron chi connectivity index (χ4n) is 3.14. The fraction of sp³-hybridized carbons (Fsp3) is 0.286. The van der Waals surface area contributed by atoms with E-state index in [0.29, 0.717) is 26.8 Å². The van der Waals surface area contributed by atoms with Gasteiger partial charge in [0.1, 0.15) is 5.75 Å². The Morgan fingerprint density at radius 2 is 1.79 bits per heavy atom. The molecule has 2 N–H and O–H groups in total. The smallest absolute Gasteiger partial charge is 0.478 e. The molecule has 0 atom stereocenters. The molecule has 9 nitrogen and oxygen atoms in total. The van der Waals surface area contributed by atoms with E-state index in [9.17, 15) is 18.0 Å². The second-order valence-corrected chi connectivity index (χ2v) is 8.08. The number of rotatable bonds is 4. The molecule has 1 fully saturated rings. The Hall–Kier alpha value is -3.42. The van der Waals surface area contributed by atoms with Crippen molar-refractivity contribution >= 4 is 49.6 Å². The lowest BCUT2D eigenvalue weighted by Crippen LogP contribution is -2.16. The minimum absolute atomic E-state index is 0.120. The van der Waals surface area contributed by atoms with Crippen LogP contribution >= 0.6 is 11.3 Å². The number of benzene rings is 2. The molecule has 0 radical (unpaired) electrons. The zero-order valence-electron chi connectivity index (χ0n) is 17.8. The van der Waals surface area contributed by atoms with Crippen LogP contribution in [0.5, 0.6) is 5.75 Å². The van der Waals surface area contributed by atoms with Crippen LogP contribution in [-0.2, 0) is 16.5 Å². The van der Waals surface area contributed by atoms with E-state index in [1.807, 2.05) is 0 Å². The van der Waals surface area contributed by atoms with Crippen molar-refractivity contribution in [2.24, 2.45) is 7.05 Å². The highest BCUT2D eigenvalue weighted by molar-refractivity contribution is 7.22. The highest BCUT2D eigenvalue weighted by Gasteiger charge is 2.31. The Balaban J connectivity index is 0.000000398. The lowest BCUT2D eigenvalue weighted by molar-refractivity contribution is -0.274. The van der Waals surface area contributed by atoms with Crippen LogP contribution in [0.25, 0.3) is 21.3 Å². The van der Waals surface area contributed by atoms with Gasteiger partial charge < -0.3 is 29.2 Å². The Morgan fingerprint density at radius 1 is 1.09 bits per heavy atom. The van der Waals surface area contributed by atoms with Crippen molar-refractivity contribution in [3.63, 3.8) is 0 Å². The normalized spacial score (nSPS) is 14.0. The summed E-state index contributed by atoms with van der Waals surface area (Å²) < 4.78 is 53.1. The maximum Gasteiger partial charge on any atom is 0.573 e. The van der Waals surface area contributed by atoms with Crippen LogP contribution in [0.4, 0.5) is 24.3 Å². The molecule has 0 bridgehead atoms. The van der Waals surface area contributed by atoms with E-state index < -0.39 is 12.3 Å². The number of carboxylic acids is 1. The molecule has 1 aliphatic rings. The first-order valence-electron chi connectivity index (χ1n) is 9.98. The molecule has 0 unspecified atom stereocenters. The largest absolute Gasteiger partial charge is 0.573 e. The summed E-state index contributed by atoms with van der Waals surface area (Å²) in [4.78, 5) is 19.8. The minimum Gasteiger partial charge on any atom is -0.478 e. The predicted molar refractivity (Wildman–Crippen MR) is 119 cm³/mol. The molecule has 13 heteroatoms. The van der Waals surface area contributed by atoms with Gasteiger partial charge in [0, 0.05) is 13.1 Å². The van der Waals surface area contributed by atoms with Gasteiger partial charge in [0.05, 0.1) is 53.2 Å². The summed E-state index contributed by atoms with van der Waals surface area (Å²) in [5.41, 5.74) is 1.84. The molecule has 3 heterocycles. The zero-order valence-corrected chi connectivity index (χ0v) is 18.6. The SMILES string of the molecule is C1COCCO1.Cn1c(Nc2nc3ccc(OC(F)(F)F)cc3s2)nc2cc(C(=O)O)ccc21. The maximum atomic E-state index is 12.4. The molecule has 2 aromatic carbocycles. The predicted octanol–water partition coefficient (Wildman–Crippen LogP) is 4.56. The number of nitrogens with one attached hydrogen (secondary N) is 1. The van der Waals surface area contributed by atoms with Crippen molar-refractivity contribution in [2.75, 3.05) is 31.7 Å². The Bertz CT molecular complexity index is 1310. The number of thiazole rings is 1. The molecule has 34 heavy (non-hydrogen) atoms. The van der Waals surface area contributed by atoms with E-state index in [4.69, 9.17) is 14.6 Å². The molecule has 0 spiro atoms. The van der Waals surface area contributed by atoms with Gasteiger partial charge in [0.15, 0.2) is 5.13 Å². The van der Waals surface area contributed by atoms with Crippen LogP contribution in [0.2, 0.25) is 0 Å². The first-order chi connectivity index (χ1) is 16.2. The van der Waals surface area contributed by atoms with Crippen molar-refractivity contribution in [3.8, 4) is 5.75 Å². The number of aromatic carboxylic acids is 1. The summed E-state index contributed by atoms with van der Waals surface area (Å²) >= 11 is 1.14. The Labute approximate surface area is 194 Å². The van der Waals surface area contributed by atoms with Gasteiger partial charge in [-0.05, 0) is 30.3 Å². The van der Waals surface area contributed by atoms with E-state index in [0.717, 1.165) is 43.3 Å². The number of ether oxygens (including phenoxy) is 3. The van der Waals surface area contributed by atoms with Gasteiger partial charge in [0.2, 0.25) is 5.95 Å². The van der Waals surface area contributed by atoms with E-state index in [-0.39, 0.29) is 11.3 Å². The first-order valence-corrected chi connectivity index (χ1v) is 10.8. The van der Waals surface area contributed by atoms with Crippen LogP contribution in [-0.4, -0.2) is 58.4 Å². The highest BCUT2D eigenvalue weighted by atomic mass is 32.1. The van der Waals surface area contributed by atoms with E-state index in [1.54, 1.807) is 17.7 Å². The average molecular weight is 496 g/mol. The number of imidazole rings is 1. The topological polar surface area (TPSA) is 108 Å². The van der Waals surface area contributed by atoms with Crippen LogP contribution in [0.1, 0.15) is 10.4 Å². The molecule has 180 valence electrons. The lowest BCUT2D eigenvalue weighted by Gasteiger charge is -2.09. The first kappa shape index (κ1) is 23.7. The van der Waals surface area contributed by atoms with Crippen molar-refractivity contribution < 1.29 is 37.3 Å². The quantitative estimate of drug-likeness (QED) is 0.424. The monoisotopic (exact) mass is 496 g/mol. The number of aromatic nitrogens is 3. The molecular formula is C21H19F3N4O5S. The van der Waals surface area contributed by atoms with Crippen LogP contribution < -0.4 is 10.1 Å². The summed E-state index contributed by atoms with van der Waals surface area (Å²) in [7, 11) is 1.75. The number of nitrogens with zero attached hydrogens (tertiary/aromatic N) is 3. The number of carboxylic acid groups (broad SMARTS) is 1. The van der Waals surface area contributed by atoms with Gasteiger partial charge in [-0.3, -0.25) is 0 Å². The van der Waals surface area contributed by atoms with Gasteiger partial charge in [-0.2, -0.15) is 0 Å².